The van der Waals surface area contributed by atoms with Crippen molar-refractivity contribution in [1.82, 2.24) is 20.9 Å². The Morgan fingerprint density at radius 1 is 1.21 bits per heavy atom. The summed E-state index contributed by atoms with van der Waals surface area (Å²) in [5.41, 5.74) is -0.883. The van der Waals surface area contributed by atoms with Gasteiger partial charge in [0.15, 0.2) is 0 Å². The van der Waals surface area contributed by atoms with Crippen LogP contribution in [-0.2, 0) is 19.2 Å². The average molecular weight is 552 g/mol. The summed E-state index contributed by atoms with van der Waals surface area (Å²) in [6.07, 6.45) is -0.298. The maximum atomic E-state index is 13.9. The van der Waals surface area contributed by atoms with E-state index < -0.39 is 53.4 Å². The quantitative estimate of drug-likeness (QED) is 0.464. The first kappa shape index (κ1) is 27.7. The summed E-state index contributed by atoms with van der Waals surface area (Å²) in [6, 6.07) is -1.33. The van der Waals surface area contributed by atoms with Crippen LogP contribution < -0.4 is 16.0 Å². The number of carbonyl (C=O) groups is 4. The highest BCUT2D eigenvalue weighted by Crippen LogP contribution is 2.73. The Balaban J connectivity index is 1.42. The molecule has 2 aliphatic heterocycles. The fraction of sp³-hybridized carbons (Fsp3) is 0.815. The van der Waals surface area contributed by atoms with Gasteiger partial charge in [0.05, 0.1) is 6.07 Å². The van der Waals surface area contributed by atoms with Crippen molar-refractivity contribution in [3.63, 3.8) is 0 Å². The van der Waals surface area contributed by atoms with Crippen molar-refractivity contribution < 1.29 is 32.3 Å². The van der Waals surface area contributed by atoms with E-state index in [1.54, 1.807) is 20.8 Å². The fourth-order valence-corrected chi connectivity index (χ4v) is 7.97. The van der Waals surface area contributed by atoms with Crippen LogP contribution in [0, 0.1) is 51.8 Å². The summed E-state index contributed by atoms with van der Waals surface area (Å²) in [5.74, 6) is -3.54. The number of likely N-dealkylation sites (tertiary alicyclic amines) is 1. The van der Waals surface area contributed by atoms with E-state index in [0.717, 1.165) is 25.7 Å². The normalized spacial score (nSPS) is 33.8. The monoisotopic (exact) mass is 551 g/mol. The summed E-state index contributed by atoms with van der Waals surface area (Å²) in [7, 11) is 0. The molecule has 2 saturated heterocycles. The number of hydrogen-bond acceptors (Lipinski definition) is 5. The third-order valence-corrected chi connectivity index (χ3v) is 9.93. The lowest BCUT2D eigenvalue weighted by molar-refractivity contribution is -0.176. The predicted octanol–water partition coefficient (Wildman–Crippen LogP) is 1.88. The largest absolute Gasteiger partial charge is 0.471 e. The molecule has 2 heterocycles. The number of nitrogens with one attached hydrogen (secondary N) is 3. The molecule has 12 heteroatoms. The minimum atomic E-state index is -5.16. The molecule has 39 heavy (non-hydrogen) atoms. The van der Waals surface area contributed by atoms with Crippen LogP contribution >= 0.6 is 0 Å². The van der Waals surface area contributed by atoms with Gasteiger partial charge < -0.3 is 20.9 Å². The standard InChI is InChI=1S/C27H36F3N5O4/c1-25(2,3)20(34-24(39)27(28,29)30)23(38)35-12-16-14-9-17(26(10-14)5-6-26)18(16)19(35)22(37)33-15(11-31)8-13-4-7-32-21(13)36/h13-20H,4-10,12H2,1-3H3,(H,32,36)(H,33,37)(H,34,39)/t13-,14-,15-,16+,17-,18+,19-,20+/m0/s1. The molecule has 3 N–H and O–H groups in total. The van der Waals surface area contributed by atoms with Crippen LogP contribution in [0.15, 0.2) is 0 Å². The lowest BCUT2D eigenvalue weighted by Gasteiger charge is -2.38. The number of carbonyl (C=O) groups excluding carboxylic acids is 4. The van der Waals surface area contributed by atoms with Gasteiger partial charge in [-0.25, -0.2) is 0 Å². The molecule has 8 atom stereocenters. The highest BCUT2D eigenvalue weighted by atomic mass is 19.4. The number of hydrogen-bond donors (Lipinski definition) is 3. The van der Waals surface area contributed by atoms with Gasteiger partial charge in [-0.2, -0.15) is 18.4 Å². The van der Waals surface area contributed by atoms with E-state index in [0.29, 0.717) is 18.9 Å². The second-order valence-electron chi connectivity index (χ2n) is 13.3. The van der Waals surface area contributed by atoms with Gasteiger partial charge in [0.25, 0.3) is 0 Å². The topological polar surface area (TPSA) is 131 Å². The zero-order valence-corrected chi connectivity index (χ0v) is 22.4. The lowest BCUT2D eigenvalue weighted by Crippen LogP contribution is -2.60. The number of halogens is 3. The summed E-state index contributed by atoms with van der Waals surface area (Å²) < 4.78 is 39.5. The molecule has 3 saturated carbocycles. The Morgan fingerprint density at radius 2 is 1.90 bits per heavy atom. The summed E-state index contributed by atoms with van der Waals surface area (Å²) in [4.78, 5) is 53.1. The summed E-state index contributed by atoms with van der Waals surface area (Å²) in [6.45, 7) is 5.45. The van der Waals surface area contributed by atoms with Crippen LogP contribution in [0.2, 0.25) is 0 Å². The van der Waals surface area contributed by atoms with E-state index in [1.165, 1.54) is 4.90 Å². The molecule has 0 aromatic heterocycles. The third-order valence-electron chi connectivity index (χ3n) is 9.93. The Kier molecular flexibility index (Phi) is 6.66. The third kappa shape index (κ3) is 4.86. The molecule has 0 aromatic rings. The van der Waals surface area contributed by atoms with Crippen molar-refractivity contribution in [2.45, 2.75) is 83.6 Å². The minimum absolute atomic E-state index is 0.0426. The second-order valence-corrected chi connectivity index (χ2v) is 13.3. The second kappa shape index (κ2) is 9.37. The highest BCUT2D eigenvalue weighted by Gasteiger charge is 2.70. The van der Waals surface area contributed by atoms with Crippen molar-refractivity contribution in [3.8, 4) is 6.07 Å². The lowest BCUT2D eigenvalue weighted by atomic mass is 9.71. The molecule has 0 radical (unpaired) electrons. The van der Waals surface area contributed by atoms with Gasteiger partial charge >= 0.3 is 12.1 Å². The summed E-state index contributed by atoms with van der Waals surface area (Å²) >= 11 is 0. The smallest absolute Gasteiger partial charge is 0.356 e. The zero-order valence-electron chi connectivity index (χ0n) is 22.4. The Labute approximate surface area is 225 Å². The molecule has 4 amide bonds. The first-order chi connectivity index (χ1) is 18.2. The number of fused-ring (bicyclic) bond motifs is 6. The van der Waals surface area contributed by atoms with Gasteiger partial charge in [0.1, 0.15) is 18.1 Å². The molecule has 2 bridgehead atoms. The molecule has 1 spiro atoms. The van der Waals surface area contributed by atoms with Crippen LogP contribution in [0.1, 0.15) is 59.3 Å². The van der Waals surface area contributed by atoms with Crippen LogP contribution in [-0.4, -0.2) is 65.9 Å². The number of rotatable bonds is 6. The molecule has 9 nitrogen and oxygen atoms in total. The van der Waals surface area contributed by atoms with Crippen LogP contribution in [0.3, 0.4) is 0 Å². The predicted molar refractivity (Wildman–Crippen MR) is 131 cm³/mol. The number of nitriles is 1. The zero-order chi connectivity index (χ0) is 28.5. The van der Waals surface area contributed by atoms with Gasteiger partial charge in [-0.05, 0) is 73.0 Å². The van der Waals surface area contributed by atoms with Crippen molar-refractivity contribution >= 4 is 23.6 Å². The molecule has 0 unspecified atom stereocenters. The van der Waals surface area contributed by atoms with Gasteiger partial charge in [-0.3, -0.25) is 19.2 Å². The molecule has 5 rings (SSSR count). The van der Waals surface area contributed by atoms with Crippen LogP contribution in [0.25, 0.3) is 0 Å². The Morgan fingerprint density at radius 3 is 2.44 bits per heavy atom. The Bertz CT molecular complexity index is 1110. The first-order valence-electron chi connectivity index (χ1n) is 13.8. The molecular weight excluding hydrogens is 515 g/mol. The number of nitrogens with zero attached hydrogens (tertiary/aromatic N) is 2. The average Bonchev–Trinajstić information content (AvgIpc) is 3.15. The first-order valence-corrected chi connectivity index (χ1v) is 13.8. The number of amides is 4. The van der Waals surface area contributed by atoms with Crippen LogP contribution in [0.4, 0.5) is 13.2 Å². The van der Waals surface area contributed by atoms with E-state index in [1.807, 2.05) is 5.32 Å². The van der Waals surface area contributed by atoms with E-state index in [2.05, 4.69) is 16.7 Å². The number of alkyl halides is 3. The van der Waals surface area contributed by atoms with Gasteiger partial charge in [-0.15, -0.1) is 0 Å². The maximum Gasteiger partial charge on any atom is 0.471 e. The van der Waals surface area contributed by atoms with E-state index in [-0.39, 0.29) is 42.0 Å². The van der Waals surface area contributed by atoms with Crippen molar-refractivity contribution in [1.29, 1.82) is 5.26 Å². The molecule has 5 fully saturated rings. The van der Waals surface area contributed by atoms with Crippen molar-refractivity contribution in [3.05, 3.63) is 0 Å². The van der Waals surface area contributed by atoms with Crippen molar-refractivity contribution in [2.24, 2.45) is 40.4 Å². The SMILES string of the molecule is CC(C)(C)[C@H](NC(=O)C(F)(F)F)C(=O)N1C[C@@H]2[C@H]3C[C@@H]([C@@H]2[C@H]1C(=O)N[C@H](C#N)C[C@@H]1CCNC1=O)C1(CC1)C3. The molecule has 3 aliphatic carbocycles. The van der Waals surface area contributed by atoms with E-state index in [4.69, 9.17) is 0 Å². The summed E-state index contributed by atoms with van der Waals surface area (Å²) in [5, 5.41) is 17.1. The Hall–Kier alpha value is -2.84. The van der Waals surface area contributed by atoms with Crippen molar-refractivity contribution in [2.75, 3.05) is 13.1 Å². The highest BCUT2D eigenvalue weighted by molar-refractivity contribution is 5.94. The molecular formula is C27H36F3N5O4. The van der Waals surface area contributed by atoms with Gasteiger partial charge in [0, 0.05) is 19.0 Å². The molecule has 0 aromatic carbocycles. The molecule has 5 aliphatic rings. The van der Waals surface area contributed by atoms with Gasteiger partial charge in [0.2, 0.25) is 17.7 Å². The maximum absolute atomic E-state index is 13.9. The van der Waals surface area contributed by atoms with E-state index in [9.17, 15) is 37.6 Å². The van der Waals surface area contributed by atoms with E-state index >= 15 is 0 Å². The fourth-order valence-electron chi connectivity index (χ4n) is 7.97. The minimum Gasteiger partial charge on any atom is -0.356 e. The van der Waals surface area contributed by atoms with Gasteiger partial charge in [-0.1, -0.05) is 20.8 Å². The molecule has 214 valence electrons. The van der Waals surface area contributed by atoms with Crippen LogP contribution in [0.5, 0.6) is 0 Å².